The van der Waals surface area contributed by atoms with Crippen molar-refractivity contribution in [3.63, 3.8) is 0 Å². The van der Waals surface area contributed by atoms with E-state index < -0.39 is 0 Å². The van der Waals surface area contributed by atoms with Crippen LogP contribution in [0.5, 0.6) is 0 Å². The Morgan fingerprint density at radius 2 is 1.92 bits per heavy atom. The molecule has 0 aliphatic rings. The van der Waals surface area contributed by atoms with Crippen molar-refractivity contribution in [2.45, 2.75) is 46.3 Å². The van der Waals surface area contributed by atoms with E-state index in [1.807, 2.05) is 20.8 Å². The lowest BCUT2D eigenvalue weighted by Crippen LogP contribution is -2.28. The van der Waals surface area contributed by atoms with Gasteiger partial charge < -0.3 is 9.47 Å². The average molecular weight is 174 g/mol. The summed E-state index contributed by atoms with van der Waals surface area (Å²) in [7, 11) is 0. The number of carbonyl (C=O) groups excluding carboxylic acids is 1. The van der Waals surface area contributed by atoms with Crippen molar-refractivity contribution in [3.05, 3.63) is 0 Å². The standard InChI is InChI=1S/C9H18O3/c1-5-6-11-7(2)8(3)12-9(4)10/h7-8H,5-6H2,1-4H3/t7?,8-/m1/s1. The fourth-order valence-electron chi connectivity index (χ4n) is 0.797. The molecule has 12 heavy (non-hydrogen) atoms. The van der Waals surface area contributed by atoms with Gasteiger partial charge in [0.25, 0.3) is 0 Å². The Bertz CT molecular complexity index is 134. The Morgan fingerprint density at radius 3 is 2.33 bits per heavy atom. The van der Waals surface area contributed by atoms with Crippen LogP contribution in [-0.4, -0.2) is 24.8 Å². The zero-order valence-electron chi connectivity index (χ0n) is 8.29. The van der Waals surface area contributed by atoms with Gasteiger partial charge in [-0.3, -0.25) is 4.79 Å². The van der Waals surface area contributed by atoms with Crippen molar-refractivity contribution in [2.24, 2.45) is 0 Å². The van der Waals surface area contributed by atoms with E-state index in [1.54, 1.807) is 0 Å². The minimum atomic E-state index is -0.255. The molecule has 1 unspecified atom stereocenters. The van der Waals surface area contributed by atoms with Crippen LogP contribution in [0.4, 0.5) is 0 Å². The van der Waals surface area contributed by atoms with Crippen LogP contribution < -0.4 is 0 Å². The summed E-state index contributed by atoms with van der Waals surface area (Å²) in [6.07, 6.45) is 0.805. The van der Waals surface area contributed by atoms with Crippen LogP contribution in [0.3, 0.4) is 0 Å². The van der Waals surface area contributed by atoms with Crippen LogP contribution >= 0.6 is 0 Å². The zero-order chi connectivity index (χ0) is 9.56. The van der Waals surface area contributed by atoms with Gasteiger partial charge in [0.2, 0.25) is 0 Å². The molecular formula is C9H18O3. The fourth-order valence-corrected chi connectivity index (χ4v) is 0.797. The Balaban J connectivity index is 3.60. The first-order chi connectivity index (χ1) is 5.57. The smallest absolute Gasteiger partial charge is 0.302 e. The molecule has 0 aromatic heterocycles. The molecule has 0 heterocycles. The van der Waals surface area contributed by atoms with Crippen LogP contribution in [0.1, 0.15) is 34.1 Å². The van der Waals surface area contributed by atoms with Crippen LogP contribution in [0.15, 0.2) is 0 Å². The molecule has 3 heteroatoms. The molecule has 0 bridgehead atoms. The molecule has 0 aromatic carbocycles. The summed E-state index contributed by atoms with van der Waals surface area (Å²) in [6, 6.07) is 0. The van der Waals surface area contributed by atoms with Crippen LogP contribution in [0.2, 0.25) is 0 Å². The molecule has 0 saturated carbocycles. The second-order valence-corrected chi connectivity index (χ2v) is 2.89. The highest BCUT2D eigenvalue weighted by molar-refractivity contribution is 5.66. The molecule has 3 nitrogen and oxygen atoms in total. The maximum Gasteiger partial charge on any atom is 0.302 e. The van der Waals surface area contributed by atoms with E-state index in [1.165, 1.54) is 6.92 Å². The normalized spacial score (nSPS) is 15.3. The molecule has 0 aliphatic heterocycles. The van der Waals surface area contributed by atoms with Gasteiger partial charge in [-0.15, -0.1) is 0 Å². The Kier molecular flexibility index (Phi) is 5.72. The topological polar surface area (TPSA) is 35.5 Å². The van der Waals surface area contributed by atoms with Crippen molar-refractivity contribution in [2.75, 3.05) is 6.61 Å². The molecule has 0 N–H and O–H groups in total. The Labute approximate surface area is 74.0 Å². The quantitative estimate of drug-likeness (QED) is 0.596. The van der Waals surface area contributed by atoms with Gasteiger partial charge in [-0.05, 0) is 20.3 Å². The highest BCUT2D eigenvalue weighted by atomic mass is 16.6. The second kappa shape index (κ2) is 6.00. The predicted octanol–water partition coefficient (Wildman–Crippen LogP) is 1.75. The summed E-state index contributed by atoms with van der Waals surface area (Å²) in [5.74, 6) is -0.255. The Morgan fingerprint density at radius 1 is 1.33 bits per heavy atom. The van der Waals surface area contributed by atoms with Crippen molar-refractivity contribution in [1.82, 2.24) is 0 Å². The summed E-state index contributed by atoms with van der Waals surface area (Å²) in [4.78, 5) is 10.6. The first-order valence-electron chi connectivity index (χ1n) is 4.36. The number of ether oxygens (including phenoxy) is 2. The molecule has 0 radical (unpaired) electrons. The van der Waals surface area contributed by atoms with E-state index in [0.29, 0.717) is 6.61 Å². The number of hydrogen-bond donors (Lipinski definition) is 0. The lowest BCUT2D eigenvalue weighted by atomic mass is 10.2. The highest BCUT2D eigenvalue weighted by Gasteiger charge is 2.14. The van der Waals surface area contributed by atoms with Crippen molar-refractivity contribution < 1.29 is 14.3 Å². The van der Waals surface area contributed by atoms with Crippen LogP contribution in [-0.2, 0) is 14.3 Å². The molecule has 72 valence electrons. The number of hydrogen-bond acceptors (Lipinski definition) is 3. The number of rotatable bonds is 5. The second-order valence-electron chi connectivity index (χ2n) is 2.89. The molecule has 0 rings (SSSR count). The van der Waals surface area contributed by atoms with E-state index in [2.05, 4.69) is 0 Å². The van der Waals surface area contributed by atoms with Crippen LogP contribution in [0, 0.1) is 0 Å². The summed E-state index contributed by atoms with van der Waals surface area (Å²) in [6.45, 7) is 7.91. The van der Waals surface area contributed by atoms with Gasteiger partial charge >= 0.3 is 5.97 Å². The highest BCUT2D eigenvalue weighted by Crippen LogP contribution is 2.03. The molecule has 2 atom stereocenters. The third-order valence-corrected chi connectivity index (χ3v) is 1.60. The van der Waals surface area contributed by atoms with Crippen molar-refractivity contribution >= 4 is 5.97 Å². The first-order valence-corrected chi connectivity index (χ1v) is 4.36. The van der Waals surface area contributed by atoms with Crippen LogP contribution in [0.25, 0.3) is 0 Å². The van der Waals surface area contributed by atoms with Gasteiger partial charge in [0, 0.05) is 13.5 Å². The maximum absolute atomic E-state index is 10.6. The zero-order valence-corrected chi connectivity index (χ0v) is 8.29. The molecule has 0 aliphatic carbocycles. The molecule has 0 aromatic rings. The molecule has 0 amide bonds. The third-order valence-electron chi connectivity index (χ3n) is 1.60. The minimum absolute atomic E-state index is 0.0196. The van der Waals surface area contributed by atoms with Gasteiger partial charge in [-0.25, -0.2) is 0 Å². The number of carbonyl (C=O) groups is 1. The SMILES string of the molecule is CCCOC(C)[C@@H](C)OC(C)=O. The molecular weight excluding hydrogens is 156 g/mol. The fraction of sp³-hybridized carbons (Fsp3) is 0.889. The van der Waals surface area contributed by atoms with E-state index in [0.717, 1.165) is 6.42 Å². The van der Waals surface area contributed by atoms with Gasteiger partial charge in [0.15, 0.2) is 0 Å². The van der Waals surface area contributed by atoms with Crippen molar-refractivity contribution in [3.8, 4) is 0 Å². The largest absolute Gasteiger partial charge is 0.460 e. The van der Waals surface area contributed by atoms with Gasteiger partial charge in [-0.2, -0.15) is 0 Å². The lowest BCUT2D eigenvalue weighted by molar-refractivity contribution is -0.152. The number of esters is 1. The third kappa shape index (κ3) is 5.13. The predicted molar refractivity (Wildman–Crippen MR) is 46.9 cm³/mol. The lowest BCUT2D eigenvalue weighted by Gasteiger charge is -2.19. The molecule has 0 fully saturated rings. The summed E-state index contributed by atoms with van der Waals surface area (Å²) < 4.78 is 10.3. The first kappa shape index (κ1) is 11.4. The van der Waals surface area contributed by atoms with Gasteiger partial charge in [0.1, 0.15) is 6.10 Å². The van der Waals surface area contributed by atoms with E-state index >= 15 is 0 Å². The summed E-state index contributed by atoms with van der Waals surface area (Å²) in [5, 5.41) is 0. The van der Waals surface area contributed by atoms with E-state index in [9.17, 15) is 4.79 Å². The minimum Gasteiger partial charge on any atom is -0.460 e. The van der Waals surface area contributed by atoms with Gasteiger partial charge in [-0.1, -0.05) is 6.92 Å². The average Bonchev–Trinajstić information content (AvgIpc) is 1.98. The van der Waals surface area contributed by atoms with E-state index in [4.69, 9.17) is 9.47 Å². The summed E-state index contributed by atoms with van der Waals surface area (Å²) >= 11 is 0. The monoisotopic (exact) mass is 174 g/mol. The maximum atomic E-state index is 10.6. The molecule has 0 spiro atoms. The molecule has 0 saturated heterocycles. The van der Waals surface area contributed by atoms with Crippen molar-refractivity contribution in [1.29, 1.82) is 0 Å². The summed E-state index contributed by atoms with van der Waals surface area (Å²) in [5.41, 5.74) is 0. The van der Waals surface area contributed by atoms with Gasteiger partial charge in [0.05, 0.1) is 6.10 Å². The van der Waals surface area contributed by atoms with E-state index in [-0.39, 0.29) is 18.2 Å². The Hall–Kier alpha value is -0.570.